The Balaban J connectivity index is 1.77. The Morgan fingerprint density at radius 2 is 2.14 bits per heavy atom. The maximum absolute atomic E-state index is 14.3. The molecule has 1 saturated heterocycles. The highest BCUT2D eigenvalue weighted by Gasteiger charge is 2.46. The van der Waals surface area contributed by atoms with Gasteiger partial charge in [-0.1, -0.05) is 0 Å². The molecule has 2 N–H and O–H groups in total. The first-order chi connectivity index (χ1) is 13.8. The van der Waals surface area contributed by atoms with Gasteiger partial charge in [-0.3, -0.25) is 0 Å². The summed E-state index contributed by atoms with van der Waals surface area (Å²) >= 11 is 0. The number of fused-ring (bicyclic) bond motifs is 1. The van der Waals surface area contributed by atoms with Crippen LogP contribution in [0.5, 0.6) is 0 Å². The summed E-state index contributed by atoms with van der Waals surface area (Å²) < 4.78 is 49.0. The molecule has 1 unspecified atom stereocenters. The van der Waals surface area contributed by atoms with Crippen LogP contribution in [0.3, 0.4) is 0 Å². The number of carbonyl (C=O) groups is 1. The molecule has 0 radical (unpaired) electrons. The fraction of sp³-hybridized carbons (Fsp3) is 0.300. The molecule has 0 bridgehead atoms. The summed E-state index contributed by atoms with van der Waals surface area (Å²) in [5.74, 6) is -4.07. The van der Waals surface area contributed by atoms with Crippen molar-refractivity contribution in [2.45, 2.75) is 25.3 Å². The summed E-state index contributed by atoms with van der Waals surface area (Å²) in [7, 11) is 0. The van der Waals surface area contributed by atoms with Crippen LogP contribution in [0.2, 0.25) is 0 Å². The molecule has 1 aliphatic rings. The summed E-state index contributed by atoms with van der Waals surface area (Å²) in [6.45, 7) is 1.36. The van der Waals surface area contributed by atoms with Crippen molar-refractivity contribution < 1.29 is 22.7 Å². The fourth-order valence-corrected chi connectivity index (χ4v) is 3.73. The first-order valence-electron chi connectivity index (χ1n) is 9.12. The minimum atomic E-state index is -2.96. The Morgan fingerprint density at radius 3 is 2.86 bits per heavy atom. The van der Waals surface area contributed by atoms with Crippen molar-refractivity contribution in [3.05, 3.63) is 59.7 Å². The van der Waals surface area contributed by atoms with Crippen LogP contribution < -0.4 is 10.6 Å². The van der Waals surface area contributed by atoms with E-state index in [4.69, 9.17) is 10.5 Å². The highest BCUT2D eigenvalue weighted by atomic mass is 19.3. The van der Waals surface area contributed by atoms with E-state index in [2.05, 4.69) is 5.10 Å². The Morgan fingerprint density at radius 1 is 1.34 bits per heavy atom. The van der Waals surface area contributed by atoms with Crippen molar-refractivity contribution in [1.29, 1.82) is 0 Å². The average Bonchev–Trinajstić information content (AvgIpc) is 3.21. The van der Waals surface area contributed by atoms with Crippen molar-refractivity contribution in [1.82, 2.24) is 9.61 Å². The van der Waals surface area contributed by atoms with E-state index in [1.165, 1.54) is 27.7 Å². The summed E-state index contributed by atoms with van der Waals surface area (Å²) in [4.78, 5) is 13.6. The fourth-order valence-electron chi connectivity index (χ4n) is 3.73. The summed E-state index contributed by atoms with van der Waals surface area (Å²) in [6.07, 6.45) is 2.49. The number of nitrogen functional groups attached to an aromatic ring is 1. The minimum absolute atomic E-state index is 0.172. The molecule has 29 heavy (non-hydrogen) atoms. The van der Waals surface area contributed by atoms with E-state index in [9.17, 15) is 18.0 Å². The lowest BCUT2D eigenvalue weighted by Crippen LogP contribution is -2.26. The number of pyridine rings is 1. The number of anilines is 2. The zero-order valence-electron chi connectivity index (χ0n) is 15.6. The van der Waals surface area contributed by atoms with Gasteiger partial charge in [0.05, 0.1) is 30.9 Å². The van der Waals surface area contributed by atoms with Crippen molar-refractivity contribution in [3.63, 3.8) is 0 Å². The molecule has 1 aromatic carbocycles. The highest BCUT2D eigenvalue weighted by molar-refractivity contribution is 5.97. The van der Waals surface area contributed by atoms with Crippen LogP contribution >= 0.6 is 0 Å². The molecule has 3 aromatic rings. The van der Waals surface area contributed by atoms with Gasteiger partial charge in [0.25, 0.3) is 5.92 Å². The molecular weight excluding hydrogens is 385 g/mol. The lowest BCUT2D eigenvalue weighted by molar-refractivity contribution is 0.0222. The Labute approximate surface area is 164 Å². The molecule has 6 nitrogen and oxygen atoms in total. The van der Waals surface area contributed by atoms with Gasteiger partial charge in [0, 0.05) is 24.0 Å². The standard InChI is InChI=1S/C20H19F3N4O2/c1-2-29-19(28)16-10-25-27-4-3-15(8-17(16)27)26-11-20(22,23)9-18(26)12-5-13(21)7-14(24)6-12/h3-8,10,18H,2,9,11,24H2,1H3. The number of hydrogen-bond acceptors (Lipinski definition) is 5. The second kappa shape index (κ2) is 6.98. The molecule has 9 heteroatoms. The number of halogens is 3. The molecule has 3 heterocycles. The zero-order valence-corrected chi connectivity index (χ0v) is 15.6. The molecule has 0 amide bonds. The lowest BCUT2D eigenvalue weighted by Gasteiger charge is -2.26. The maximum Gasteiger partial charge on any atom is 0.341 e. The Hall–Kier alpha value is -3.23. The van der Waals surface area contributed by atoms with E-state index in [-0.39, 0.29) is 17.9 Å². The van der Waals surface area contributed by atoms with Gasteiger partial charge in [-0.05, 0) is 42.8 Å². The second-order valence-corrected chi connectivity index (χ2v) is 7.02. The molecule has 152 valence electrons. The van der Waals surface area contributed by atoms with Gasteiger partial charge in [-0.15, -0.1) is 0 Å². The first-order valence-corrected chi connectivity index (χ1v) is 9.12. The highest BCUT2D eigenvalue weighted by Crippen LogP contribution is 2.44. The van der Waals surface area contributed by atoms with Gasteiger partial charge in [0.2, 0.25) is 0 Å². The van der Waals surface area contributed by atoms with E-state index < -0.39 is 36.7 Å². The molecular formula is C20H19F3N4O2. The average molecular weight is 404 g/mol. The Kier molecular flexibility index (Phi) is 4.60. The predicted octanol–water partition coefficient (Wildman–Crippen LogP) is 3.82. The molecule has 1 fully saturated rings. The predicted molar refractivity (Wildman–Crippen MR) is 102 cm³/mol. The van der Waals surface area contributed by atoms with Gasteiger partial charge in [-0.25, -0.2) is 22.5 Å². The van der Waals surface area contributed by atoms with Crippen LogP contribution in [0.15, 0.2) is 42.7 Å². The van der Waals surface area contributed by atoms with E-state index in [1.807, 2.05) is 0 Å². The normalized spacial score (nSPS) is 18.3. The van der Waals surface area contributed by atoms with Crippen LogP contribution in [0, 0.1) is 5.82 Å². The van der Waals surface area contributed by atoms with Gasteiger partial charge < -0.3 is 15.4 Å². The van der Waals surface area contributed by atoms with Crippen LogP contribution in [0.4, 0.5) is 24.5 Å². The lowest BCUT2D eigenvalue weighted by atomic mass is 10.0. The van der Waals surface area contributed by atoms with E-state index in [0.717, 1.165) is 6.07 Å². The first kappa shape index (κ1) is 19.1. The quantitative estimate of drug-likeness (QED) is 0.529. The van der Waals surface area contributed by atoms with Gasteiger partial charge in [0.1, 0.15) is 11.4 Å². The largest absolute Gasteiger partial charge is 0.462 e. The third-order valence-electron chi connectivity index (χ3n) is 4.93. The number of esters is 1. The molecule has 4 rings (SSSR count). The van der Waals surface area contributed by atoms with Gasteiger partial charge >= 0.3 is 5.97 Å². The summed E-state index contributed by atoms with van der Waals surface area (Å²) in [5.41, 5.74) is 7.40. The van der Waals surface area contributed by atoms with Crippen LogP contribution in [0.1, 0.15) is 35.3 Å². The number of aromatic nitrogens is 2. The second-order valence-electron chi connectivity index (χ2n) is 7.02. The van der Waals surface area contributed by atoms with Crippen LogP contribution in [-0.4, -0.2) is 34.7 Å². The van der Waals surface area contributed by atoms with E-state index in [1.54, 1.807) is 25.3 Å². The monoisotopic (exact) mass is 404 g/mol. The third kappa shape index (κ3) is 3.59. The number of carbonyl (C=O) groups excluding carboxylic acids is 1. The third-order valence-corrected chi connectivity index (χ3v) is 4.93. The number of rotatable bonds is 4. The number of hydrogen-bond donors (Lipinski definition) is 1. The molecule has 0 saturated carbocycles. The SMILES string of the molecule is CCOC(=O)c1cnn2ccc(N3CC(F)(F)CC3c3cc(N)cc(F)c3)cc12. The molecule has 0 aliphatic carbocycles. The molecule has 0 spiro atoms. The summed E-state index contributed by atoms with van der Waals surface area (Å²) in [5, 5.41) is 4.10. The van der Waals surface area contributed by atoms with E-state index >= 15 is 0 Å². The Bertz CT molecular complexity index is 1060. The van der Waals surface area contributed by atoms with E-state index in [0.29, 0.717) is 16.8 Å². The van der Waals surface area contributed by atoms with Crippen molar-refractivity contribution in [2.75, 3.05) is 23.8 Å². The topological polar surface area (TPSA) is 72.9 Å². The molecule has 1 atom stereocenters. The van der Waals surface area contributed by atoms with Gasteiger partial charge in [0.15, 0.2) is 0 Å². The molecule has 2 aromatic heterocycles. The van der Waals surface area contributed by atoms with Crippen molar-refractivity contribution >= 4 is 22.9 Å². The molecule has 1 aliphatic heterocycles. The zero-order chi connectivity index (χ0) is 20.8. The number of benzene rings is 1. The summed E-state index contributed by atoms with van der Waals surface area (Å²) in [6, 6.07) is 6.34. The smallest absolute Gasteiger partial charge is 0.341 e. The minimum Gasteiger partial charge on any atom is -0.462 e. The number of alkyl halides is 2. The number of ether oxygens (including phenoxy) is 1. The van der Waals surface area contributed by atoms with Crippen LogP contribution in [-0.2, 0) is 4.74 Å². The number of nitrogens with zero attached hydrogens (tertiary/aromatic N) is 3. The van der Waals surface area contributed by atoms with Crippen molar-refractivity contribution in [2.24, 2.45) is 0 Å². The van der Waals surface area contributed by atoms with Crippen LogP contribution in [0.25, 0.3) is 5.52 Å². The van der Waals surface area contributed by atoms with Gasteiger partial charge in [-0.2, -0.15) is 5.10 Å². The number of nitrogens with two attached hydrogens (primary N) is 1. The maximum atomic E-state index is 14.3. The van der Waals surface area contributed by atoms with Crippen molar-refractivity contribution in [3.8, 4) is 0 Å².